The quantitative estimate of drug-likeness (QED) is 0.759. The van der Waals surface area contributed by atoms with E-state index in [2.05, 4.69) is 31.1 Å². The highest BCUT2D eigenvalue weighted by molar-refractivity contribution is 6.31. The van der Waals surface area contributed by atoms with Crippen molar-refractivity contribution < 1.29 is 4.74 Å². The van der Waals surface area contributed by atoms with Crippen molar-refractivity contribution in [1.82, 2.24) is 10.3 Å². The summed E-state index contributed by atoms with van der Waals surface area (Å²) in [6, 6.07) is 2.34. The van der Waals surface area contributed by atoms with Gasteiger partial charge < -0.3 is 10.1 Å². The van der Waals surface area contributed by atoms with E-state index in [4.69, 9.17) is 16.3 Å². The highest BCUT2D eigenvalue weighted by atomic mass is 35.5. The Morgan fingerprint density at radius 1 is 1.47 bits per heavy atom. The molecule has 0 bridgehead atoms. The van der Waals surface area contributed by atoms with E-state index in [1.165, 1.54) is 0 Å². The second-order valence-corrected chi connectivity index (χ2v) is 4.76. The number of unbranched alkanes of at least 4 members (excludes halogenated alkanes) is 1. The van der Waals surface area contributed by atoms with Gasteiger partial charge in [-0.2, -0.15) is 0 Å². The van der Waals surface area contributed by atoms with Crippen LogP contribution in [0, 0.1) is 0 Å². The molecule has 0 aliphatic rings. The van der Waals surface area contributed by atoms with Crippen molar-refractivity contribution >= 4 is 11.6 Å². The first-order chi connectivity index (χ1) is 8.13. The molecular weight excluding hydrogens is 236 g/mol. The maximum atomic E-state index is 6.08. The van der Waals surface area contributed by atoms with Gasteiger partial charge in [0.05, 0.1) is 11.6 Å². The lowest BCUT2D eigenvalue weighted by Crippen LogP contribution is -2.22. The minimum Gasteiger partial charge on any atom is -0.478 e. The van der Waals surface area contributed by atoms with Crippen LogP contribution in [0.2, 0.25) is 5.02 Å². The van der Waals surface area contributed by atoms with Gasteiger partial charge in [0.25, 0.3) is 0 Å². The molecule has 0 saturated heterocycles. The Labute approximate surface area is 109 Å². The molecule has 4 heteroatoms. The number of ether oxygens (including phenoxy) is 1. The molecule has 0 aliphatic heterocycles. The lowest BCUT2D eigenvalue weighted by Gasteiger charge is -2.11. The van der Waals surface area contributed by atoms with Gasteiger partial charge in [0.2, 0.25) is 5.88 Å². The zero-order valence-electron chi connectivity index (χ0n) is 10.8. The molecule has 1 aromatic heterocycles. The molecule has 0 fully saturated rings. The van der Waals surface area contributed by atoms with Gasteiger partial charge in [-0.05, 0) is 12.0 Å². The lowest BCUT2D eigenvalue weighted by molar-refractivity contribution is 0.297. The van der Waals surface area contributed by atoms with E-state index in [1.54, 1.807) is 6.20 Å². The Hall–Kier alpha value is -0.800. The third-order valence-electron chi connectivity index (χ3n) is 2.36. The second-order valence-electron chi connectivity index (χ2n) is 4.35. The molecule has 1 N–H and O–H groups in total. The number of rotatable bonds is 7. The van der Waals surface area contributed by atoms with Crippen molar-refractivity contribution in [3.8, 4) is 5.88 Å². The van der Waals surface area contributed by atoms with Gasteiger partial charge >= 0.3 is 0 Å². The molecular formula is C13H21ClN2O. The van der Waals surface area contributed by atoms with Crippen LogP contribution in [0.1, 0.15) is 39.2 Å². The van der Waals surface area contributed by atoms with Crippen molar-refractivity contribution in [1.29, 1.82) is 0 Å². The summed E-state index contributed by atoms with van der Waals surface area (Å²) in [7, 11) is 0. The van der Waals surface area contributed by atoms with E-state index >= 15 is 0 Å². The molecule has 0 saturated carbocycles. The van der Waals surface area contributed by atoms with Gasteiger partial charge in [-0.1, -0.05) is 38.8 Å². The summed E-state index contributed by atoms with van der Waals surface area (Å²) in [6.45, 7) is 7.80. The molecule has 0 unspecified atom stereocenters. The number of pyridine rings is 1. The molecule has 96 valence electrons. The summed E-state index contributed by atoms with van der Waals surface area (Å²) in [6.07, 6.45) is 3.82. The van der Waals surface area contributed by atoms with Gasteiger partial charge in [-0.15, -0.1) is 0 Å². The highest BCUT2D eigenvalue weighted by Gasteiger charge is 2.05. The van der Waals surface area contributed by atoms with Crippen molar-refractivity contribution in [2.24, 2.45) is 0 Å². The third kappa shape index (κ3) is 5.37. The van der Waals surface area contributed by atoms with Crippen LogP contribution in [-0.4, -0.2) is 17.6 Å². The first-order valence-electron chi connectivity index (χ1n) is 6.14. The third-order valence-corrected chi connectivity index (χ3v) is 2.70. The van der Waals surface area contributed by atoms with Gasteiger partial charge in [-0.3, -0.25) is 0 Å². The van der Waals surface area contributed by atoms with E-state index in [1.807, 2.05) is 6.07 Å². The Bertz CT molecular complexity index is 342. The molecule has 0 radical (unpaired) electrons. The standard InChI is InChI=1S/C13H21ClN2O/c1-4-5-6-17-13-7-11(8-15-10(2)3)12(14)9-16-13/h7,9-10,15H,4-6,8H2,1-3H3. The Morgan fingerprint density at radius 2 is 2.24 bits per heavy atom. The van der Waals surface area contributed by atoms with Crippen LogP contribution < -0.4 is 10.1 Å². The Balaban J connectivity index is 2.59. The SMILES string of the molecule is CCCCOc1cc(CNC(C)C)c(Cl)cn1. The highest BCUT2D eigenvalue weighted by Crippen LogP contribution is 2.19. The first kappa shape index (κ1) is 14.3. The topological polar surface area (TPSA) is 34.1 Å². The van der Waals surface area contributed by atoms with Crippen molar-refractivity contribution in [3.05, 3.63) is 22.8 Å². The largest absolute Gasteiger partial charge is 0.478 e. The number of aromatic nitrogens is 1. The van der Waals surface area contributed by atoms with Crippen LogP contribution >= 0.6 is 11.6 Å². The van der Waals surface area contributed by atoms with Crippen LogP contribution in [0.3, 0.4) is 0 Å². The van der Waals surface area contributed by atoms with E-state index < -0.39 is 0 Å². The molecule has 3 nitrogen and oxygen atoms in total. The van der Waals surface area contributed by atoms with Crippen molar-refractivity contribution in [3.63, 3.8) is 0 Å². The molecule has 0 spiro atoms. The summed E-state index contributed by atoms with van der Waals surface area (Å²) in [4.78, 5) is 4.16. The van der Waals surface area contributed by atoms with Crippen molar-refractivity contribution in [2.75, 3.05) is 6.61 Å². The Morgan fingerprint density at radius 3 is 2.88 bits per heavy atom. The first-order valence-corrected chi connectivity index (χ1v) is 6.52. The van der Waals surface area contributed by atoms with E-state index in [9.17, 15) is 0 Å². The predicted octanol–water partition coefficient (Wildman–Crippen LogP) is 3.41. The fraction of sp³-hybridized carbons (Fsp3) is 0.615. The van der Waals surface area contributed by atoms with Gasteiger partial charge in [-0.25, -0.2) is 4.98 Å². The molecule has 1 heterocycles. The van der Waals surface area contributed by atoms with E-state index in [0.717, 1.165) is 24.9 Å². The smallest absolute Gasteiger partial charge is 0.213 e. The minimum atomic E-state index is 0.434. The number of nitrogens with zero attached hydrogens (tertiary/aromatic N) is 1. The fourth-order valence-electron chi connectivity index (χ4n) is 1.31. The maximum Gasteiger partial charge on any atom is 0.213 e. The summed E-state index contributed by atoms with van der Waals surface area (Å²) in [5, 5.41) is 4.01. The number of halogens is 1. The zero-order valence-corrected chi connectivity index (χ0v) is 11.5. The maximum absolute atomic E-state index is 6.08. The van der Waals surface area contributed by atoms with Gasteiger partial charge in [0.1, 0.15) is 0 Å². The minimum absolute atomic E-state index is 0.434. The van der Waals surface area contributed by atoms with E-state index in [-0.39, 0.29) is 0 Å². The fourth-order valence-corrected chi connectivity index (χ4v) is 1.48. The van der Waals surface area contributed by atoms with Gasteiger partial charge in [0, 0.05) is 24.8 Å². The molecule has 0 amide bonds. The van der Waals surface area contributed by atoms with Crippen LogP contribution in [-0.2, 0) is 6.54 Å². The number of hydrogen-bond acceptors (Lipinski definition) is 3. The second kappa shape index (κ2) is 7.51. The molecule has 1 rings (SSSR count). The predicted molar refractivity (Wildman–Crippen MR) is 71.6 cm³/mol. The van der Waals surface area contributed by atoms with E-state index in [0.29, 0.717) is 23.6 Å². The molecule has 0 atom stereocenters. The van der Waals surface area contributed by atoms with Gasteiger partial charge in [0.15, 0.2) is 0 Å². The van der Waals surface area contributed by atoms with Crippen LogP contribution in [0.25, 0.3) is 0 Å². The van der Waals surface area contributed by atoms with Crippen LogP contribution in [0.4, 0.5) is 0 Å². The number of nitrogens with one attached hydrogen (secondary N) is 1. The monoisotopic (exact) mass is 256 g/mol. The van der Waals surface area contributed by atoms with Crippen LogP contribution in [0.15, 0.2) is 12.3 Å². The summed E-state index contributed by atoms with van der Waals surface area (Å²) >= 11 is 6.08. The average molecular weight is 257 g/mol. The zero-order chi connectivity index (χ0) is 12.7. The average Bonchev–Trinajstić information content (AvgIpc) is 2.29. The summed E-state index contributed by atoms with van der Waals surface area (Å²) in [5.74, 6) is 0.656. The summed E-state index contributed by atoms with van der Waals surface area (Å²) < 4.78 is 5.55. The molecule has 0 aromatic carbocycles. The molecule has 0 aliphatic carbocycles. The molecule has 17 heavy (non-hydrogen) atoms. The normalized spacial score (nSPS) is 10.9. The van der Waals surface area contributed by atoms with Crippen LogP contribution in [0.5, 0.6) is 5.88 Å². The van der Waals surface area contributed by atoms with Crippen molar-refractivity contribution in [2.45, 2.75) is 46.2 Å². The lowest BCUT2D eigenvalue weighted by atomic mass is 10.2. The Kier molecular flexibility index (Phi) is 6.30. The molecule has 1 aromatic rings. The summed E-state index contributed by atoms with van der Waals surface area (Å²) in [5.41, 5.74) is 1.03. The number of hydrogen-bond donors (Lipinski definition) is 1.